The number of halogens is 1. The standard InChI is InChI=1S/C26H34FN5O3/c27-26(15-25(16-26)5-7-28-8-6-25)17-30-9-11-31(12-10-30)19-1-2-20-18(13-19)14-32(24(20)35)21-3-4-22(33)29-23(21)34/h1-2,13,21,28H,3-12,14-17H2,(H,29,33,34)/t21-/m1/s1. The highest BCUT2D eigenvalue weighted by Gasteiger charge is 2.55. The van der Waals surface area contributed by atoms with Gasteiger partial charge in [-0.2, -0.15) is 0 Å². The van der Waals surface area contributed by atoms with Crippen molar-refractivity contribution in [2.75, 3.05) is 50.7 Å². The molecule has 1 aromatic rings. The summed E-state index contributed by atoms with van der Waals surface area (Å²) in [6.07, 6.45) is 4.26. The molecule has 5 aliphatic rings. The van der Waals surface area contributed by atoms with Crippen LogP contribution in [0, 0.1) is 5.41 Å². The molecule has 1 atom stereocenters. The molecule has 1 saturated carbocycles. The first-order valence-electron chi connectivity index (χ1n) is 13.0. The van der Waals surface area contributed by atoms with Crippen molar-refractivity contribution in [3.63, 3.8) is 0 Å². The van der Waals surface area contributed by atoms with Crippen molar-refractivity contribution in [2.45, 2.75) is 56.8 Å². The average Bonchev–Trinajstić information content (AvgIpc) is 3.14. The minimum atomic E-state index is -1.03. The Morgan fingerprint density at radius 1 is 1.03 bits per heavy atom. The Kier molecular flexibility index (Phi) is 5.60. The van der Waals surface area contributed by atoms with E-state index in [0.717, 1.165) is 63.4 Å². The topological polar surface area (TPSA) is 85.0 Å². The van der Waals surface area contributed by atoms with Gasteiger partial charge in [-0.1, -0.05) is 0 Å². The van der Waals surface area contributed by atoms with E-state index in [4.69, 9.17) is 0 Å². The molecule has 4 heterocycles. The van der Waals surface area contributed by atoms with Crippen molar-refractivity contribution in [1.29, 1.82) is 0 Å². The molecule has 0 bridgehead atoms. The van der Waals surface area contributed by atoms with Gasteiger partial charge in [-0.15, -0.1) is 0 Å². The predicted octanol–water partition coefficient (Wildman–Crippen LogP) is 1.44. The molecule has 2 N–H and O–H groups in total. The highest BCUT2D eigenvalue weighted by molar-refractivity contribution is 6.05. The molecular formula is C26H34FN5O3. The summed E-state index contributed by atoms with van der Waals surface area (Å²) in [5.41, 5.74) is 1.82. The molecule has 1 aliphatic carbocycles. The average molecular weight is 484 g/mol. The third kappa shape index (κ3) is 4.22. The first-order valence-corrected chi connectivity index (χ1v) is 13.0. The lowest BCUT2D eigenvalue weighted by Crippen LogP contribution is -2.59. The third-order valence-electron chi connectivity index (χ3n) is 8.80. The van der Waals surface area contributed by atoms with Gasteiger partial charge in [0.2, 0.25) is 11.8 Å². The van der Waals surface area contributed by atoms with Gasteiger partial charge in [0.05, 0.1) is 0 Å². The number of piperidine rings is 2. The second-order valence-electron chi connectivity index (χ2n) is 11.3. The van der Waals surface area contributed by atoms with Gasteiger partial charge >= 0.3 is 0 Å². The summed E-state index contributed by atoms with van der Waals surface area (Å²) in [7, 11) is 0. The molecule has 35 heavy (non-hydrogen) atoms. The van der Waals surface area contributed by atoms with Gasteiger partial charge in [0, 0.05) is 56.9 Å². The molecular weight excluding hydrogens is 449 g/mol. The molecule has 3 saturated heterocycles. The summed E-state index contributed by atoms with van der Waals surface area (Å²) in [5.74, 6) is -0.813. The van der Waals surface area contributed by atoms with E-state index < -0.39 is 11.7 Å². The molecule has 0 aromatic heterocycles. The van der Waals surface area contributed by atoms with Crippen molar-refractivity contribution in [2.24, 2.45) is 5.41 Å². The second-order valence-corrected chi connectivity index (χ2v) is 11.3. The summed E-state index contributed by atoms with van der Waals surface area (Å²) in [4.78, 5) is 42.8. The SMILES string of the molecule is O=C1CC[C@@H](N2Cc3cc(N4CCN(CC5(F)CC6(CCNCC6)C5)CC4)ccc3C2=O)C(=O)N1. The molecule has 4 aliphatic heterocycles. The Morgan fingerprint density at radius 3 is 2.49 bits per heavy atom. The van der Waals surface area contributed by atoms with Crippen LogP contribution in [0.3, 0.4) is 0 Å². The summed E-state index contributed by atoms with van der Waals surface area (Å²) < 4.78 is 15.4. The fourth-order valence-corrected chi connectivity index (χ4v) is 7.04. The highest BCUT2D eigenvalue weighted by atomic mass is 19.1. The molecule has 1 spiro atoms. The maximum Gasteiger partial charge on any atom is 0.255 e. The van der Waals surface area contributed by atoms with E-state index in [2.05, 4.69) is 26.5 Å². The molecule has 8 nitrogen and oxygen atoms in total. The van der Waals surface area contributed by atoms with Crippen LogP contribution >= 0.6 is 0 Å². The van der Waals surface area contributed by atoms with E-state index in [1.807, 2.05) is 12.1 Å². The first kappa shape index (κ1) is 22.9. The number of nitrogens with zero attached hydrogens (tertiary/aromatic N) is 3. The van der Waals surface area contributed by atoms with E-state index in [1.54, 1.807) is 4.90 Å². The Balaban J connectivity index is 1.05. The van der Waals surface area contributed by atoms with Crippen LogP contribution in [0.4, 0.5) is 10.1 Å². The lowest BCUT2D eigenvalue weighted by molar-refractivity contribution is -0.136. The number of nitrogens with one attached hydrogen (secondary N) is 2. The van der Waals surface area contributed by atoms with E-state index in [-0.39, 0.29) is 29.6 Å². The monoisotopic (exact) mass is 483 g/mol. The molecule has 3 amide bonds. The molecule has 188 valence electrons. The van der Waals surface area contributed by atoms with E-state index in [1.165, 1.54) is 0 Å². The van der Waals surface area contributed by atoms with E-state index in [0.29, 0.717) is 37.9 Å². The van der Waals surface area contributed by atoms with Gasteiger partial charge in [-0.25, -0.2) is 4.39 Å². The number of benzene rings is 1. The van der Waals surface area contributed by atoms with Crippen molar-refractivity contribution in [3.8, 4) is 0 Å². The predicted molar refractivity (Wildman–Crippen MR) is 129 cm³/mol. The van der Waals surface area contributed by atoms with Crippen LogP contribution in [0.25, 0.3) is 0 Å². The summed E-state index contributed by atoms with van der Waals surface area (Å²) >= 11 is 0. The second kappa shape index (κ2) is 8.55. The number of amides is 3. The van der Waals surface area contributed by atoms with Crippen molar-refractivity contribution in [3.05, 3.63) is 29.3 Å². The molecule has 4 fully saturated rings. The zero-order valence-electron chi connectivity index (χ0n) is 20.2. The zero-order chi connectivity index (χ0) is 24.2. The first-order chi connectivity index (χ1) is 16.8. The molecule has 9 heteroatoms. The summed E-state index contributed by atoms with van der Waals surface area (Å²) in [6, 6.07) is 5.29. The molecule has 6 rings (SSSR count). The van der Waals surface area contributed by atoms with E-state index in [9.17, 15) is 14.4 Å². The quantitative estimate of drug-likeness (QED) is 0.631. The number of hydrogen-bond acceptors (Lipinski definition) is 6. The highest BCUT2D eigenvalue weighted by Crippen LogP contribution is 2.56. The number of carbonyl (C=O) groups is 3. The number of hydrogen-bond donors (Lipinski definition) is 2. The summed E-state index contributed by atoms with van der Waals surface area (Å²) in [5, 5.41) is 5.74. The van der Waals surface area contributed by atoms with Gasteiger partial charge in [0.1, 0.15) is 11.7 Å². The number of alkyl halides is 1. The number of fused-ring (bicyclic) bond motifs is 1. The largest absolute Gasteiger partial charge is 0.369 e. The molecule has 0 radical (unpaired) electrons. The Labute approximate surface area is 205 Å². The van der Waals surface area contributed by atoms with Crippen molar-refractivity contribution in [1.82, 2.24) is 20.4 Å². The van der Waals surface area contributed by atoms with Crippen LogP contribution in [0.2, 0.25) is 0 Å². The van der Waals surface area contributed by atoms with Crippen molar-refractivity contribution >= 4 is 23.4 Å². The molecule has 1 aromatic carbocycles. The van der Waals surface area contributed by atoms with Gasteiger partial charge in [0.15, 0.2) is 0 Å². The lowest BCUT2D eigenvalue weighted by Gasteiger charge is -2.55. The maximum atomic E-state index is 15.4. The Morgan fingerprint density at radius 2 is 1.77 bits per heavy atom. The number of rotatable bonds is 4. The smallest absolute Gasteiger partial charge is 0.255 e. The minimum absolute atomic E-state index is 0.147. The third-order valence-corrected chi connectivity index (χ3v) is 8.80. The van der Waals surface area contributed by atoms with Crippen LogP contribution < -0.4 is 15.5 Å². The number of carbonyl (C=O) groups excluding carboxylic acids is 3. The van der Waals surface area contributed by atoms with Crippen LogP contribution in [-0.4, -0.2) is 85.0 Å². The zero-order valence-corrected chi connectivity index (χ0v) is 20.2. The minimum Gasteiger partial charge on any atom is -0.369 e. The fourth-order valence-electron chi connectivity index (χ4n) is 7.04. The van der Waals surface area contributed by atoms with Crippen LogP contribution in [0.1, 0.15) is 54.4 Å². The number of anilines is 1. The normalized spacial score (nSPS) is 28.1. The van der Waals surface area contributed by atoms with Crippen molar-refractivity contribution < 1.29 is 18.8 Å². The van der Waals surface area contributed by atoms with Gasteiger partial charge in [-0.05, 0) is 74.4 Å². The van der Waals surface area contributed by atoms with E-state index >= 15 is 4.39 Å². The van der Waals surface area contributed by atoms with Crippen LogP contribution in [0.5, 0.6) is 0 Å². The summed E-state index contributed by atoms with van der Waals surface area (Å²) in [6.45, 7) is 6.28. The number of piperazine rings is 1. The fraction of sp³-hybridized carbons (Fsp3) is 0.654. The van der Waals surface area contributed by atoms with Gasteiger partial charge in [-0.3, -0.25) is 24.6 Å². The Bertz CT molecular complexity index is 1040. The number of imide groups is 1. The van der Waals surface area contributed by atoms with Gasteiger partial charge in [0.25, 0.3) is 5.91 Å². The van der Waals surface area contributed by atoms with Gasteiger partial charge < -0.3 is 15.1 Å². The lowest BCUT2D eigenvalue weighted by atomic mass is 9.56. The maximum absolute atomic E-state index is 15.4. The molecule has 0 unspecified atom stereocenters. The van der Waals surface area contributed by atoms with Crippen LogP contribution in [-0.2, 0) is 16.1 Å². The Hall–Kier alpha value is -2.52. The van der Waals surface area contributed by atoms with Crippen LogP contribution in [0.15, 0.2) is 18.2 Å².